The molecular formula is C13H23N3OS2. The van der Waals surface area contributed by atoms with Crippen molar-refractivity contribution >= 4 is 23.5 Å². The van der Waals surface area contributed by atoms with Gasteiger partial charge in [0.05, 0.1) is 11.2 Å². The number of rotatable bonds is 4. The molecule has 2 heterocycles. The minimum atomic E-state index is 0.166. The molecule has 4 atom stereocenters. The predicted octanol–water partition coefficient (Wildman–Crippen LogP) is 3.07. The van der Waals surface area contributed by atoms with E-state index in [2.05, 4.69) is 37.8 Å². The molecule has 1 saturated heterocycles. The van der Waals surface area contributed by atoms with Gasteiger partial charge in [0.2, 0.25) is 5.89 Å². The Labute approximate surface area is 123 Å². The van der Waals surface area contributed by atoms with E-state index < -0.39 is 0 Å². The van der Waals surface area contributed by atoms with Crippen LogP contribution in [-0.2, 0) is 0 Å². The molecule has 2 N–H and O–H groups in total. The van der Waals surface area contributed by atoms with Gasteiger partial charge in [-0.15, -0.1) is 11.8 Å². The molecule has 1 aromatic heterocycles. The summed E-state index contributed by atoms with van der Waals surface area (Å²) in [5.74, 6) is 3.18. The summed E-state index contributed by atoms with van der Waals surface area (Å²) in [6, 6.07) is 0. The molecule has 0 saturated carbocycles. The van der Waals surface area contributed by atoms with Crippen LogP contribution in [0, 0.1) is 5.92 Å². The topological polar surface area (TPSA) is 64.9 Å². The Bertz CT molecular complexity index is 410. The van der Waals surface area contributed by atoms with Gasteiger partial charge in [-0.2, -0.15) is 16.7 Å². The van der Waals surface area contributed by atoms with Gasteiger partial charge in [-0.3, -0.25) is 0 Å². The predicted molar refractivity (Wildman–Crippen MR) is 82.6 cm³/mol. The Kier molecular flexibility index (Phi) is 5.20. The fourth-order valence-electron chi connectivity index (χ4n) is 2.11. The second kappa shape index (κ2) is 6.50. The van der Waals surface area contributed by atoms with Gasteiger partial charge >= 0.3 is 0 Å². The van der Waals surface area contributed by atoms with Crippen molar-refractivity contribution in [1.82, 2.24) is 10.1 Å². The summed E-state index contributed by atoms with van der Waals surface area (Å²) in [4.78, 5) is 4.59. The molecule has 1 fully saturated rings. The summed E-state index contributed by atoms with van der Waals surface area (Å²) in [5, 5.41) is 5.84. The summed E-state index contributed by atoms with van der Waals surface area (Å²) >= 11 is 3.94. The highest BCUT2D eigenvalue weighted by Crippen LogP contribution is 2.43. The quantitative estimate of drug-likeness (QED) is 0.922. The van der Waals surface area contributed by atoms with Crippen LogP contribution in [0.5, 0.6) is 0 Å². The Morgan fingerprint density at radius 2 is 2.11 bits per heavy atom. The van der Waals surface area contributed by atoms with Crippen LogP contribution in [0.25, 0.3) is 0 Å². The minimum Gasteiger partial charge on any atom is -0.339 e. The largest absolute Gasteiger partial charge is 0.339 e. The van der Waals surface area contributed by atoms with Gasteiger partial charge in [-0.1, -0.05) is 32.9 Å². The van der Waals surface area contributed by atoms with Crippen LogP contribution in [0.2, 0.25) is 0 Å². The van der Waals surface area contributed by atoms with Crippen molar-refractivity contribution < 1.29 is 4.52 Å². The molecule has 2 rings (SSSR count). The first-order valence-electron chi connectivity index (χ1n) is 6.83. The summed E-state index contributed by atoms with van der Waals surface area (Å²) in [6.07, 6.45) is 0. The standard InChI is InChI=1S/C13H23N3OS2/c1-7(2)10(5-14)13-15-12(16-17-13)11-6-18-8(3)9(4)19-11/h7-11H,5-6,14H2,1-4H3. The van der Waals surface area contributed by atoms with Crippen LogP contribution in [0.3, 0.4) is 0 Å². The van der Waals surface area contributed by atoms with Crippen molar-refractivity contribution in [3.63, 3.8) is 0 Å². The molecule has 4 nitrogen and oxygen atoms in total. The zero-order chi connectivity index (χ0) is 14.0. The molecule has 0 bridgehead atoms. The molecule has 0 radical (unpaired) electrons. The lowest BCUT2D eigenvalue weighted by Crippen LogP contribution is -2.22. The maximum atomic E-state index is 5.80. The van der Waals surface area contributed by atoms with Crippen molar-refractivity contribution in [1.29, 1.82) is 0 Å². The van der Waals surface area contributed by atoms with Crippen LogP contribution in [0.1, 0.15) is 50.6 Å². The third kappa shape index (κ3) is 3.47. The first-order valence-corrected chi connectivity index (χ1v) is 8.82. The Hall–Kier alpha value is -0.200. The van der Waals surface area contributed by atoms with E-state index in [0.29, 0.717) is 34.1 Å². The highest BCUT2D eigenvalue weighted by Gasteiger charge is 2.31. The highest BCUT2D eigenvalue weighted by atomic mass is 32.2. The van der Waals surface area contributed by atoms with Gasteiger partial charge in [0.25, 0.3) is 0 Å². The van der Waals surface area contributed by atoms with E-state index in [1.807, 2.05) is 23.5 Å². The van der Waals surface area contributed by atoms with E-state index in [9.17, 15) is 0 Å². The first-order chi connectivity index (χ1) is 9.02. The molecule has 1 aromatic rings. The average molecular weight is 301 g/mol. The van der Waals surface area contributed by atoms with Crippen molar-refractivity contribution in [3.8, 4) is 0 Å². The van der Waals surface area contributed by atoms with Crippen LogP contribution in [-0.4, -0.2) is 32.9 Å². The van der Waals surface area contributed by atoms with Crippen LogP contribution >= 0.6 is 23.5 Å². The van der Waals surface area contributed by atoms with E-state index in [4.69, 9.17) is 10.3 Å². The van der Waals surface area contributed by atoms with Gasteiger partial charge in [-0.25, -0.2) is 0 Å². The molecule has 1 aliphatic rings. The van der Waals surface area contributed by atoms with E-state index in [-0.39, 0.29) is 5.92 Å². The van der Waals surface area contributed by atoms with Gasteiger partial charge in [0.15, 0.2) is 5.82 Å². The van der Waals surface area contributed by atoms with Crippen molar-refractivity contribution in [2.24, 2.45) is 11.7 Å². The van der Waals surface area contributed by atoms with E-state index >= 15 is 0 Å². The van der Waals surface area contributed by atoms with E-state index in [1.165, 1.54) is 0 Å². The average Bonchev–Trinajstić information content (AvgIpc) is 2.82. The van der Waals surface area contributed by atoms with Crippen LogP contribution in [0.15, 0.2) is 4.52 Å². The number of hydrogen-bond donors (Lipinski definition) is 1. The lowest BCUT2D eigenvalue weighted by Gasteiger charge is -2.29. The molecule has 108 valence electrons. The summed E-state index contributed by atoms with van der Waals surface area (Å²) in [5.41, 5.74) is 5.80. The molecule has 4 unspecified atom stereocenters. The Morgan fingerprint density at radius 3 is 2.68 bits per heavy atom. The molecule has 0 amide bonds. The molecular weight excluding hydrogens is 278 g/mol. The van der Waals surface area contributed by atoms with Crippen molar-refractivity contribution in [2.75, 3.05) is 12.3 Å². The molecule has 0 spiro atoms. The fraction of sp³-hybridized carbons (Fsp3) is 0.846. The third-order valence-corrected chi connectivity index (χ3v) is 7.06. The van der Waals surface area contributed by atoms with Crippen molar-refractivity contribution in [3.05, 3.63) is 11.7 Å². The Balaban J connectivity index is 2.08. The number of nitrogens with zero attached hydrogens (tertiary/aromatic N) is 2. The van der Waals surface area contributed by atoms with Gasteiger partial charge < -0.3 is 10.3 Å². The number of hydrogen-bond acceptors (Lipinski definition) is 6. The summed E-state index contributed by atoms with van der Waals surface area (Å²) in [6.45, 7) is 9.38. The zero-order valence-electron chi connectivity index (χ0n) is 12.0. The maximum absolute atomic E-state index is 5.80. The molecule has 19 heavy (non-hydrogen) atoms. The zero-order valence-corrected chi connectivity index (χ0v) is 13.6. The lowest BCUT2D eigenvalue weighted by atomic mass is 9.96. The van der Waals surface area contributed by atoms with Gasteiger partial charge in [0.1, 0.15) is 0 Å². The number of nitrogens with two attached hydrogens (primary N) is 1. The maximum Gasteiger partial charge on any atom is 0.231 e. The van der Waals surface area contributed by atoms with Gasteiger partial charge in [-0.05, 0) is 5.92 Å². The summed E-state index contributed by atoms with van der Waals surface area (Å²) in [7, 11) is 0. The number of aromatic nitrogens is 2. The van der Waals surface area contributed by atoms with E-state index in [1.54, 1.807) is 0 Å². The van der Waals surface area contributed by atoms with Crippen LogP contribution < -0.4 is 5.73 Å². The van der Waals surface area contributed by atoms with Crippen LogP contribution in [0.4, 0.5) is 0 Å². The number of thioether (sulfide) groups is 2. The fourth-order valence-corrected chi connectivity index (χ4v) is 4.94. The Morgan fingerprint density at radius 1 is 1.37 bits per heavy atom. The smallest absolute Gasteiger partial charge is 0.231 e. The second-order valence-electron chi connectivity index (χ2n) is 5.45. The first kappa shape index (κ1) is 15.2. The SMILES string of the molecule is CC(C)C(CN)c1nc(C2CSC(C)C(C)S2)no1. The summed E-state index contributed by atoms with van der Waals surface area (Å²) < 4.78 is 5.43. The molecule has 1 aliphatic heterocycles. The third-order valence-electron chi connectivity index (χ3n) is 3.67. The van der Waals surface area contributed by atoms with E-state index in [0.717, 1.165) is 11.6 Å². The molecule has 6 heteroatoms. The molecule has 0 aliphatic carbocycles. The minimum absolute atomic E-state index is 0.166. The highest BCUT2D eigenvalue weighted by molar-refractivity contribution is 8.07. The monoisotopic (exact) mass is 301 g/mol. The normalized spacial score (nSPS) is 29.7. The van der Waals surface area contributed by atoms with Gasteiger partial charge in [0, 0.05) is 22.8 Å². The second-order valence-corrected chi connectivity index (χ2v) is 8.44. The van der Waals surface area contributed by atoms with Crippen molar-refractivity contribution in [2.45, 2.75) is 49.4 Å². The lowest BCUT2D eigenvalue weighted by molar-refractivity contribution is 0.321. The molecule has 0 aromatic carbocycles.